The first-order chi connectivity index (χ1) is 12.1. The maximum absolute atomic E-state index is 13.3. The molecule has 8 heteroatoms. The molecule has 0 aliphatic heterocycles. The van der Waals surface area contributed by atoms with E-state index in [9.17, 15) is 14.2 Å². The van der Waals surface area contributed by atoms with Crippen LogP contribution in [0.2, 0.25) is 0 Å². The van der Waals surface area contributed by atoms with Gasteiger partial charge in [0.25, 0.3) is 0 Å². The van der Waals surface area contributed by atoms with Gasteiger partial charge >= 0.3 is 19.5 Å². The highest BCUT2D eigenvalue weighted by Crippen LogP contribution is 2.56. The van der Waals surface area contributed by atoms with Crippen LogP contribution in [-0.4, -0.2) is 33.4 Å². The zero-order chi connectivity index (χ0) is 21.0. The van der Waals surface area contributed by atoms with Crippen LogP contribution in [0.4, 0.5) is 0 Å². The van der Waals surface area contributed by atoms with E-state index in [1.807, 2.05) is 0 Å². The zero-order valence-corrected chi connectivity index (χ0v) is 17.6. The van der Waals surface area contributed by atoms with Gasteiger partial charge in [-0.3, -0.25) is 14.2 Å². The number of hydrogen-bond donors (Lipinski definition) is 2. The summed E-state index contributed by atoms with van der Waals surface area (Å²) < 4.78 is 24.7. The van der Waals surface area contributed by atoms with Crippen molar-refractivity contribution in [1.29, 1.82) is 0 Å². The maximum Gasteiger partial charge on any atom is 0.336 e. The summed E-state index contributed by atoms with van der Waals surface area (Å²) in [4.78, 5) is 22.0. The first-order valence-electron chi connectivity index (χ1n) is 8.64. The molecule has 0 fully saturated rings. The number of rotatable bonds is 8. The maximum atomic E-state index is 13.3. The van der Waals surface area contributed by atoms with Crippen LogP contribution in [0, 0.1) is 5.92 Å². The minimum atomic E-state index is -3.45. The standard InChI is InChI=1S/C19H29O7P/c1-18(2,3)25-27(24,26-19(4,5)6)12-14-9-7-13(8-10-14)11-15(16(20)21)17(22)23/h7-10,15H,11-12H2,1-6H3,(H,20,21)(H,22,23). The summed E-state index contributed by atoms with van der Waals surface area (Å²) >= 11 is 0. The fraction of sp³-hybridized carbons (Fsp3) is 0.579. The average molecular weight is 400 g/mol. The molecule has 0 radical (unpaired) electrons. The minimum absolute atomic E-state index is 0.0586. The Balaban J connectivity index is 2.99. The Morgan fingerprint density at radius 3 is 1.59 bits per heavy atom. The van der Waals surface area contributed by atoms with E-state index < -0.39 is 36.7 Å². The molecule has 2 N–H and O–H groups in total. The number of benzene rings is 1. The van der Waals surface area contributed by atoms with Crippen molar-refractivity contribution < 1.29 is 33.4 Å². The van der Waals surface area contributed by atoms with E-state index in [0.29, 0.717) is 11.1 Å². The van der Waals surface area contributed by atoms with Crippen molar-refractivity contribution in [2.75, 3.05) is 0 Å². The fourth-order valence-electron chi connectivity index (χ4n) is 2.44. The quantitative estimate of drug-likeness (QED) is 0.493. The van der Waals surface area contributed by atoms with Gasteiger partial charge in [-0.15, -0.1) is 0 Å². The molecule has 0 atom stereocenters. The van der Waals surface area contributed by atoms with Gasteiger partial charge in [0.1, 0.15) is 0 Å². The third-order valence-electron chi connectivity index (χ3n) is 3.26. The molecule has 0 aromatic heterocycles. The summed E-state index contributed by atoms with van der Waals surface area (Å²) in [5, 5.41) is 18.0. The van der Waals surface area contributed by atoms with Gasteiger partial charge in [-0.2, -0.15) is 0 Å². The Hall–Kier alpha value is -1.69. The molecule has 0 unspecified atom stereocenters. The lowest BCUT2D eigenvalue weighted by Gasteiger charge is -2.32. The van der Waals surface area contributed by atoms with Gasteiger partial charge in [0.15, 0.2) is 5.92 Å². The summed E-state index contributed by atoms with van der Waals surface area (Å²) in [6.07, 6.45) is -0.0668. The number of carboxylic acid groups (broad SMARTS) is 2. The molecule has 0 heterocycles. The predicted octanol–water partition coefficient (Wildman–Crippen LogP) is 4.34. The van der Waals surface area contributed by atoms with Crippen molar-refractivity contribution in [3.8, 4) is 0 Å². The highest BCUT2D eigenvalue weighted by atomic mass is 31.2. The second-order valence-electron chi connectivity index (χ2n) is 8.43. The Morgan fingerprint density at radius 1 is 0.889 bits per heavy atom. The summed E-state index contributed by atoms with van der Waals surface area (Å²) in [5.74, 6) is -4.27. The Bertz CT molecular complexity index is 677. The summed E-state index contributed by atoms with van der Waals surface area (Å²) in [6, 6.07) is 6.63. The molecule has 0 bridgehead atoms. The first-order valence-corrected chi connectivity index (χ1v) is 10.4. The lowest BCUT2D eigenvalue weighted by molar-refractivity contribution is -0.154. The van der Waals surface area contributed by atoms with Crippen LogP contribution in [0.5, 0.6) is 0 Å². The van der Waals surface area contributed by atoms with Gasteiger partial charge < -0.3 is 19.3 Å². The van der Waals surface area contributed by atoms with Crippen LogP contribution in [-0.2, 0) is 35.8 Å². The second-order valence-corrected chi connectivity index (χ2v) is 10.3. The van der Waals surface area contributed by atoms with E-state index in [2.05, 4.69) is 0 Å². The molecule has 0 saturated carbocycles. The third-order valence-corrected chi connectivity index (χ3v) is 5.67. The molecule has 152 valence electrons. The van der Waals surface area contributed by atoms with Crippen LogP contribution >= 0.6 is 7.60 Å². The van der Waals surface area contributed by atoms with Crippen molar-refractivity contribution in [2.24, 2.45) is 5.92 Å². The predicted molar refractivity (Wildman–Crippen MR) is 102 cm³/mol. The molecular formula is C19H29O7P. The average Bonchev–Trinajstić information content (AvgIpc) is 2.40. The normalized spacial score (nSPS) is 13.0. The van der Waals surface area contributed by atoms with Crippen molar-refractivity contribution in [1.82, 2.24) is 0 Å². The molecule has 1 rings (SSSR count). The molecule has 0 amide bonds. The van der Waals surface area contributed by atoms with Crippen LogP contribution < -0.4 is 0 Å². The van der Waals surface area contributed by atoms with Crippen molar-refractivity contribution in [2.45, 2.75) is 65.3 Å². The number of carbonyl (C=O) groups is 2. The van der Waals surface area contributed by atoms with Gasteiger partial charge in [-0.1, -0.05) is 24.3 Å². The topological polar surface area (TPSA) is 110 Å². The van der Waals surface area contributed by atoms with Crippen LogP contribution in [0.15, 0.2) is 24.3 Å². The monoisotopic (exact) mass is 400 g/mol. The fourth-order valence-corrected chi connectivity index (χ4v) is 4.93. The smallest absolute Gasteiger partial charge is 0.336 e. The molecule has 0 saturated heterocycles. The second kappa shape index (κ2) is 8.55. The summed E-state index contributed by atoms with van der Waals surface area (Å²) in [5.41, 5.74) is -0.0527. The molecule has 1 aromatic carbocycles. The lowest BCUT2D eigenvalue weighted by Crippen LogP contribution is -2.25. The Morgan fingerprint density at radius 2 is 1.26 bits per heavy atom. The van der Waals surface area contributed by atoms with Gasteiger partial charge in [0.2, 0.25) is 0 Å². The highest BCUT2D eigenvalue weighted by molar-refractivity contribution is 7.53. The molecule has 1 aromatic rings. The van der Waals surface area contributed by atoms with E-state index in [1.54, 1.807) is 65.8 Å². The van der Waals surface area contributed by atoms with Gasteiger partial charge in [0.05, 0.1) is 17.4 Å². The number of carboxylic acids is 2. The number of aliphatic carboxylic acids is 2. The van der Waals surface area contributed by atoms with E-state index >= 15 is 0 Å². The van der Waals surface area contributed by atoms with Crippen molar-refractivity contribution in [3.05, 3.63) is 35.4 Å². The van der Waals surface area contributed by atoms with Crippen LogP contribution in [0.25, 0.3) is 0 Å². The van der Waals surface area contributed by atoms with Gasteiger partial charge in [-0.25, -0.2) is 0 Å². The number of hydrogen-bond acceptors (Lipinski definition) is 5. The Labute approximate surface area is 160 Å². The summed E-state index contributed by atoms with van der Waals surface area (Å²) in [7, 11) is -3.45. The molecule has 27 heavy (non-hydrogen) atoms. The molecular weight excluding hydrogens is 371 g/mol. The molecule has 0 spiro atoms. The van der Waals surface area contributed by atoms with Crippen molar-refractivity contribution >= 4 is 19.5 Å². The van der Waals surface area contributed by atoms with E-state index in [4.69, 9.17) is 19.3 Å². The van der Waals surface area contributed by atoms with E-state index in [-0.39, 0.29) is 12.6 Å². The lowest BCUT2D eigenvalue weighted by atomic mass is 9.99. The van der Waals surface area contributed by atoms with E-state index in [0.717, 1.165) is 0 Å². The zero-order valence-electron chi connectivity index (χ0n) is 16.7. The van der Waals surface area contributed by atoms with E-state index in [1.165, 1.54) is 0 Å². The van der Waals surface area contributed by atoms with Gasteiger partial charge in [-0.05, 0) is 59.1 Å². The minimum Gasteiger partial charge on any atom is -0.481 e. The van der Waals surface area contributed by atoms with Crippen LogP contribution in [0.1, 0.15) is 52.7 Å². The van der Waals surface area contributed by atoms with Gasteiger partial charge in [0, 0.05) is 0 Å². The third kappa shape index (κ3) is 8.69. The van der Waals surface area contributed by atoms with Crippen LogP contribution in [0.3, 0.4) is 0 Å². The highest BCUT2D eigenvalue weighted by Gasteiger charge is 2.35. The van der Waals surface area contributed by atoms with Crippen molar-refractivity contribution in [3.63, 3.8) is 0 Å². The summed E-state index contributed by atoms with van der Waals surface area (Å²) in [6.45, 7) is 10.8. The Kier molecular flexibility index (Phi) is 7.39. The molecule has 0 aliphatic carbocycles. The molecule has 0 aliphatic rings. The largest absolute Gasteiger partial charge is 0.481 e. The molecule has 7 nitrogen and oxygen atoms in total. The first kappa shape index (κ1) is 23.3. The SMILES string of the molecule is CC(C)(C)OP(=O)(Cc1ccc(CC(C(=O)O)C(=O)O)cc1)OC(C)(C)C.